The standard InChI is InChI=1S/C20H18N2O5/c1-12-18(19(25)20(21)26)15-9-14(27-11-17(23)24)7-8-16(15)22(12)10-13-5-3-2-4-6-13/h2-9H,10-11H2,1H3,(H2,21,26)(H,23,24). The molecule has 0 fully saturated rings. The van der Waals surface area contributed by atoms with Crippen LogP contribution in [0.4, 0.5) is 0 Å². The molecule has 0 aliphatic rings. The molecule has 0 atom stereocenters. The van der Waals surface area contributed by atoms with Gasteiger partial charge in [-0.3, -0.25) is 9.59 Å². The molecule has 3 rings (SSSR count). The van der Waals surface area contributed by atoms with Crippen molar-refractivity contribution in [3.63, 3.8) is 0 Å². The summed E-state index contributed by atoms with van der Waals surface area (Å²) in [6.45, 7) is 1.75. The minimum atomic E-state index is -1.11. The molecule has 0 radical (unpaired) electrons. The summed E-state index contributed by atoms with van der Waals surface area (Å²) in [7, 11) is 0. The van der Waals surface area contributed by atoms with E-state index >= 15 is 0 Å². The van der Waals surface area contributed by atoms with Crippen LogP contribution < -0.4 is 10.5 Å². The SMILES string of the molecule is Cc1c(C(=O)C(N)=O)c2cc(OCC(=O)O)ccc2n1Cc1ccccc1. The third-order valence-corrected chi connectivity index (χ3v) is 4.29. The largest absolute Gasteiger partial charge is 0.482 e. The van der Waals surface area contributed by atoms with Gasteiger partial charge < -0.3 is 20.1 Å². The molecule has 7 heteroatoms. The molecule has 0 saturated heterocycles. The smallest absolute Gasteiger partial charge is 0.341 e. The van der Waals surface area contributed by atoms with E-state index in [0.717, 1.165) is 11.1 Å². The zero-order valence-corrected chi connectivity index (χ0v) is 14.6. The van der Waals surface area contributed by atoms with Gasteiger partial charge in [-0.15, -0.1) is 0 Å². The molecule has 3 aromatic rings. The Bertz CT molecular complexity index is 1040. The van der Waals surface area contributed by atoms with Crippen molar-refractivity contribution in [1.82, 2.24) is 4.57 Å². The Morgan fingerprint density at radius 2 is 1.81 bits per heavy atom. The second-order valence-electron chi connectivity index (χ2n) is 6.09. The number of nitrogens with zero attached hydrogens (tertiary/aromatic N) is 1. The number of nitrogens with two attached hydrogens (primary N) is 1. The highest BCUT2D eigenvalue weighted by molar-refractivity contribution is 6.44. The number of hydrogen-bond donors (Lipinski definition) is 2. The van der Waals surface area contributed by atoms with Crippen LogP contribution in [-0.4, -0.2) is 33.9 Å². The number of carboxylic acids is 1. The third-order valence-electron chi connectivity index (χ3n) is 4.29. The Morgan fingerprint density at radius 1 is 1.11 bits per heavy atom. The summed E-state index contributed by atoms with van der Waals surface area (Å²) in [6.07, 6.45) is 0. The van der Waals surface area contributed by atoms with Gasteiger partial charge in [0.15, 0.2) is 6.61 Å². The van der Waals surface area contributed by atoms with E-state index in [2.05, 4.69) is 0 Å². The van der Waals surface area contributed by atoms with Crippen LogP contribution in [0.1, 0.15) is 21.6 Å². The first-order chi connectivity index (χ1) is 12.9. The minimum Gasteiger partial charge on any atom is -0.482 e. The summed E-state index contributed by atoms with van der Waals surface area (Å²) in [4.78, 5) is 34.6. The lowest BCUT2D eigenvalue weighted by Gasteiger charge is -2.09. The van der Waals surface area contributed by atoms with E-state index in [1.54, 1.807) is 25.1 Å². The maximum absolute atomic E-state index is 12.4. The van der Waals surface area contributed by atoms with Gasteiger partial charge in [0.25, 0.3) is 11.7 Å². The monoisotopic (exact) mass is 366 g/mol. The maximum atomic E-state index is 12.4. The number of carbonyl (C=O) groups is 3. The van der Waals surface area contributed by atoms with Gasteiger partial charge in [0.1, 0.15) is 5.75 Å². The number of carbonyl (C=O) groups excluding carboxylic acids is 2. The van der Waals surface area contributed by atoms with Crippen molar-refractivity contribution in [3.8, 4) is 5.75 Å². The minimum absolute atomic E-state index is 0.203. The van der Waals surface area contributed by atoms with E-state index in [1.807, 2.05) is 34.9 Å². The summed E-state index contributed by atoms with van der Waals surface area (Å²) in [5.41, 5.74) is 7.78. The molecule has 3 N–H and O–H groups in total. The van der Waals surface area contributed by atoms with Crippen LogP contribution in [0.5, 0.6) is 5.75 Å². The highest BCUT2D eigenvalue weighted by atomic mass is 16.5. The van der Waals surface area contributed by atoms with Crippen LogP contribution in [0.15, 0.2) is 48.5 Å². The second kappa shape index (κ2) is 7.33. The lowest BCUT2D eigenvalue weighted by Crippen LogP contribution is -2.23. The molecule has 0 bridgehead atoms. The number of fused-ring (bicyclic) bond motifs is 1. The number of amides is 1. The van der Waals surface area contributed by atoms with Crippen molar-refractivity contribution in [3.05, 3.63) is 65.4 Å². The molecule has 2 aromatic carbocycles. The summed E-state index contributed by atoms with van der Waals surface area (Å²) in [6, 6.07) is 14.6. The highest BCUT2D eigenvalue weighted by Gasteiger charge is 2.24. The first kappa shape index (κ1) is 18.2. The van der Waals surface area contributed by atoms with E-state index in [0.29, 0.717) is 23.4 Å². The first-order valence-corrected chi connectivity index (χ1v) is 8.24. The number of ether oxygens (including phenoxy) is 1. The second-order valence-corrected chi connectivity index (χ2v) is 6.09. The molecule has 1 amide bonds. The summed E-state index contributed by atoms with van der Waals surface area (Å²) >= 11 is 0. The van der Waals surface area contributed by atoms with Crippen LogP contribution in [0, 0.1) is 6.92 Å². The average Bonchev–Trinajstić information content (AvgIpc) is 2.91. The zero-order chi connectivity index (χ0) is 19.6. The van der Waals surface area contributed by atoms with Gasteiger partial charge in [-0.25, -0.2) is 4.79 Å². The van der Waals surface area contributed by atoms with Gasteiger partial charge >= 0.3 is 5.97 Å². The van der Waals surface area contributed by atoms with Crippen molar-refractivity contribution in [2.75, 3.05) is 6.61 Å². The molecule has 0 aliphatic carbocycles. The summed E-state index contributed by atoms with van der Waals surface area (Å²) in [5, 5.41) is 9.27. The summed E-state index contributed by atoms with van der Waals surface area (Å²) < 4.78 is 7.12. The fourth-order valence-electron chi connectivity index (χ4n) is 3.08. The van der Waals surface area contributed by atoms with Crippen molar-refractivity contribution in [2.24, 2.45) is 5.73 Å². The quantitative estimate of drug-likeness (QED) is 0.491. The Hall–Kier alpha value is -3.61. The van der Waals surface area contributed by atoms with E-state index in [1.165, 1.54) is 0 Å². The van der Waals surface area contributed by atoms with E-state index in [-0.39, 0.29) is 5.56 Å². The molecule has 0 unspecified atom stereocenters. The van der Waals surface area contributed by atoms with Gasteiger partial charge in [-0.05, 0) is 30.7 Å². The lowest BCUT2D eigenvalue weighted by atomic mass is 10.1. The average molecular weight is 366 g/mol. The molecule has 1 heterocycles. The van der Waals surface area contributed by atoms with Crippen LogP contribution in [-0.2, 0) is 16.1 Å². The molecule has 0 spiro atoms. The van der Waals surface area contributed by atoms with Crippen molar-refractivity contribution >= 4 is 28.6 Å². The number of rotatable bonds is 7. The van der Waals surface area contributed by atoms with Crippen LogP contribution in [0.25, 0.3) is 10.9 Å². The van der Waals surface area contributed by atoms with Crippen molar-refractivity contribution < 1.29 is 24.2 Å². The number of Topliss-reactive ketones (excluding diaryl/α,β-unsaturated/α-hetero) is 1. The number of primary amides is 1. The van der Waals surface area contributed by atoms with Gasteiger partial charge in [0.2, 0.25) is 0 Å². The first-order valence-electron chi connectivity index (χ1n) is 8.24. The fraction of sp³-hybridized carbons (Fsp3) is 0.150. The normalized spacial score (nSPS) is 10.7. The van der Waals surface area contributed by atoms with Gasteiger partial charge in [0, 0.05) is 23.1 Å². The van der Waals surface area contributed by atoms with E-state index < -0.39 is 24.3 Å². The molecule has 27 heavy (non-hydrogen) atoms. The molecular weight excluding hydrogens is 348 g/mol. The zero-order valence-electron chi connectivity index (χ0n) is 14.6. The molecule has 138 valence electrons. The number of ketones is 1. The lowest BCUT2D eigenvalue weighted by molar-refractivity contribution is -0.139. The highest BCUT2D eigenvalue weighted by Crippen LogP contribution is 2.30. The topological polar surface area (TPSA) is 112 Å². The number of carboxylic acid groups (broad SMARTS) is 1. The van der Waals surface area contributed by atoms with Gasteiger partial charge in [-0.1, -0.05) is 30.3 Å². The number of hydrogen-bond acceptors (Lipinski definition) is 4. The number of benzene rings is 2. The molecular formula is C20H18N2O5. The van der Waals surface area contributed by atoms with Crippen molar-refractivity contribution in [2.45, 2.75) is 13.5 Å². The maximum Gasteiger partial charge on any atom is 0.341 e. The third kappa shape index (κ3) is 3.67. The predicted octanol–water partition coefficient (Wildman–Crippen LogP) is 2.13. The van der Waals surface area contributed by atoms with Gasteiger partial charge in [-0.2, -0.15) is 0 Å². The van der Waals surface area contributed by atoms with E-state index in [9.17, 15) is 14.4 Å². The molecule has 1 aromatic heterocycles. The molecule has 0 aliphatic heterocycles. The van der Waals surface area contributed by atoms with Crippen molar-refractivity contribution in [1.29, 1.82) is 0 Å². The Morgan fingerprint density at radius 3 is 2.44 bits per heavy atom. The number of aliphatic carboxylic acids is 1. The van der Waals surface area contributed by atoms with Crippen LogP contribution in [0.2, 0.25) is 0 Å². The molecule has 7 nitrogen and oxygen atoms in total. The van der Waals surface area contributed by atoms with Crippen LogP contribution in [0.3, 0.4) is 0 Å². The number of aromatic nitrogens is 1. The molecule has 0 saturated carbocycles. The Labute approximate surface area is 155 Å². The fourth-order valence-corrected chi connectivity index (χ4v) is 3.08. The van der Waals surface area contributed by atoms with Crippen LogP contribution >= 0.6 is 0 Å². The Balaban J connectivity index is 2.15. The predicted molar refractivity (Wildman–Crippen MR) is 98.9 cm³/mol. The Kier molecular flexibility index (Phi) is 4.94. The van der Waals surface area contributed by atoms with E-state index in [4.69, 9.17) is 15.6 Å². The van der Waals surface area contributed by atoms with Gasteiger partial charge in [0.05, 0.1) is 5.56 Å². The summed E-state index contributed by atoms with van der Waals surface area (Å²) in [5.74, 6) is -2.66.